The molecule has 2 rings (SSSR count). The summed E-state index contributed by atoms with van der Waals surface area (Å²) in [6, 6.07) is 7.56. The molecule has 4 nitrogen and oxygen atoms in total. The topological polar surface area (TPSA) is 54.0 Å². The number of amides is 1. The maximum atomic E-state index is 13.2. The van der Waals surface area contributed by atoms with Gasteiger partial charge in [-0.1, -0.05) is 6.92 Å². The summed E-state index contributed by atoms with van der Waals surface area (Å²) in [4.78, 5) is 16.2. The van der Waals surface area contributed by atoms with Crippen LogP contribution in [0.25, 0.3) is 0 Å². The van der Waals surface area contributed by atoms with Gasteiger partial charge in [0, 0.05) is 22.9 Å². The van der Waals surface area contributed by atoms with E-state index in [1.165, 1.54) is 18.2 Å². The van der Waals surface area contributed by atoms with Crippen LogP contribution in [0.3, 0.4) is 0 Å². The Morgan fingerprint density at radius 1 is 1.33 bits per heavy atom. The maximum Gasteiger partial charge on any atom is 0.274 e. The van der Waals surface area contributed by atoms with E-state index in [-0.39, 0.29) is 11.6 Å². The number of carbonyl (C=O) groups excluding carboxylic acids is 1. The molecule has 0 saturated carbocycles. The van der Waals surface area contributed by atoms with E-state index in [4.69, 9.17) is 0 Å². The van der Waals surface area contributed by atoms with Gasteiger partial charge in [-0.2, -0.15) is 0 Å². The number of nitrogens with zero attached hydrogens (tertiary/aromatic N) is 1. The third-order valence-corrected chi connectivity index (χ3v) is 3.44. The van der Waals surface area contributed by atoms with Gasteiger partial charge in [0.15, 0.2) is 0 Å². The minimum atomic E-state index is -0.417. The number of anilines is 2. The smallest absolute Gasteiger partial charge is 0.274 e. The first kappa shape index (κ1) is 15.4. The predicted octanol–water partition coefficient (Wildman–Crippen LogP) is 4.06. The van der Waals surface area contributed by atoms with E-state index in [0.717, 1.165) is 18.7 Å². The highest BCUT2D eigenvalue weighted by molar-refractivity contribution is 9.10. The first-order chi connectivity index (χ1) is 10.1. The Kier molecular flexibility index (Phi) is 5.27. The SMILES string of the molecule is CCCNc1ccnc(C(=O)Nc2cc(F)ccc2Br)c1. The van der Waals surface area contributed by atoms with Crippen molar-refractivity contribution < 1.29 is 9.18 Å². The second-order valence-electron chi connectivity index (χ2n) is 4.43. The molecule has 0 radical (unpaired) electrons. The quantitative estimate of drug-likeness (QED) is 0.853. The highest BCUT2D eigenvalue weighted by Crippen LogP contribution is 2.23. The molecule has 0 bridgehead atoms. The lowest BCUT2D eigenvalue weighted by Gasteiger charge is -2.09. The number of nitrogens with one attached hydrogen (secondary N) is 2. The normalized spacial score (nSPS) is 10.2. The second kappa shape index (κ2) is 7.17. The Labute approximate surface area is 130 Å². The number of aromatic nitrogens is 1. The lowest BCUT2D eigenvalue weighted by Crippen LogP contribution is -2.14. The van der Waals surface area contributed by atoms with Crippen molar-refractivity contribution >= 4 is 33.2 Å². The van der Waals surface area contributed by atoms with Crippen LogP contribution >= 0.6 is 15.9 Å². The summed E-state index contributed by atoms with van der Waals surface area (Å²) >= 11 is 3.27. The first-order valence-corrected chi connectivity index (χ1v) is 7.35. The van der Waals surface area contributed by atoms with Crippen molar-refractivity contribution in [2.24, 2.45) is 0 Å². The molecule has 2 N–H and O–H groups in total. The number of hydrogen-bond acceptors (Lipinski definition) is 3. The molecule has 0 unspecified atom stereocenters. The molecule has 2 aromatic rings. The van der Waals surface area contributed by atoms with Gasteiger partial charge in [-0.05, 0) is 52.7 Å². The van der Waals surface area contributed by atoms with E-state index in [9.17, 15) is 9.18 Å². The molecular weight excluding hydrogens is 337 g/mol. The van der Waals surface area contributed by atoms with Gasteiger partial charge in [0.1, 0.15) is 11.5 Å². The number of halogens is 2. The van der Waals surface area contributed by atoms with Gasteiger partial charge in [0.2, 0.25) is 0 Å². The summed E-state index contributed by atoms with van der Waals surface area (Å²) in [6.07, 6.45) is 2.55. The van der Waals surface area contributed by atoms with Gasteiger partial charge in [0.25, 0.3) is 5.91 Å². The van der Waals surface area contributed by atoms with E-state index in [0.29, 0.717) is 10.2 Å². The number of pyridine rings is 1. The zero-order valence-corrected chi connectivity index (χ0v) is 13.1. The molecule has 1 heterocycles. The van der Waals surface area contributed by atoms with Gasteiger partial charge in [-0.3, -0.25) is 9.78 Å². The van der Waals surface area contributed by atoms with Crippen LogP contribution < -0.4 is 10.6 Å². The molecule has 0 saturated heterocycles. The molecular formula is C15H15BrFN3O. The van der Waals surface area contributed by atoms with Gasteiger partial charge in [-0.15, -0.1) is 0 Å². The first-order valence-electron chi connectivity index (χ1n) is 6.56. The summed E-state index contributed by atoms with van der Waals surface area (Å²) in [5, 5.41) is 5.82. The van der Waals surface area contributed by atoms with Gasteiger partial charge < -0.3 is 10.6 Å². The molecule has 0 atom stereocenters. The van der Waals surface area contributed by atoms with Crippen molar-refractivity contribution in [2.45, 2.75) is 13.3 Å². The zero-order chi connectivity index (χ0) is 15.2. The minimum Gasteiger partial charge on any atom is -0.385 e. The Bertz CT molecular complexity index is 649. The average molecular weight is 352 g/mol. The highest BCUT2D eigenvalue weighted by atomic mass is 79.9. The summed E-state index contributed by atoms with van der Waals surface area (Å²) < 4.78 is 13.8. The average Bonchev–Trinajstić information content (AvgIpc) is 2.49. The summed E-state index contributed by atoms with van der Waals surface area (Å²) in [5.74, 6) is -0.804. The maximum absolute atomic E-state index is 13.2. The van der Waals surface area contributed by atoms with E-state index in [2.05, 4.69) is 38.5 Å². The van der Waals surface area contributed by atoms with Crippen LogP contribution in [0.4, 0.5) is 15.8 Å². The fraction of sp³-hybridized carbons (Fsp3) is 0.200. The Balaban J connectivity index is 2.14. The standard InChI is InChI=1S/C15H15BrFN3O/c1-2-6-18-11-5-7-19-14(9-11)15(21)20-13-8-10(17)3-4-12(13)16/h3-5,7-9H,2,6H2,1H3,(H,18,19)(H,20,21). The Morgan fingerprint density at radius 2 is 2.14 bits per heavy atom. The number of hydrogen-bond donors (Lipinski definition) is 2. The van der Waals surface area contributed by atoms with Gasteiger partial charge in [-0.25, -0.2) is 4.39 Å². The Hall–Kier alpha value is -1.95. The third-order valence-electron chi connectivity index (χ3n) is 2.75. The van der Waals surface area contributed by atoms with Crippen molar-refractivity contribution in [3.05, 3.63) is 52.5 Å². The van der Waals surface area contributed by atoms with Crippen LogP contribution in [0.15, 0.2) is 41.0 Å². The second-order valence-corrected chi connectivity index (χ2v) is 5.29. The largest absolute Gasteiger partial charge is 0.385 e. The van der Waals surface area contributed by atoms with Crippen molar-refractivity contribution in [1.82, 2.24) is 4.98 Å². The van der Waals surface area contributed by atoms with E-state index in [1.54, 1.807) is 18.3 Å². The summed E-state index contributed by atoms with van der Waals surface area (Å²) in [5.41, 5.74) is 1.47. The lowest BCUT2D eigenvalue weighted by atomic mass is 10.2. The van der Waals surface area contributed by atoms with Crippen LogP contribution in [0.2, 0.25) is 0 Å². The van der Waals surface area contributed by atoms with Crippen molar-refractivity contribution in [3.63, 3.8) is 0 Å². The summed E-state index contributed by atoms with van der Waals surface area (Å²) in [7, 11) is 0. The zero-order valence-electron chi connectivity index (χ0n) is 11.5. The lowest BCUT2D eigenvalue weighted by molar-refractivity contribution is 0.102. The van der Waals surface area contributed by atoms with Crippen LogP contribution in [0.5, 0.6) is 0 Å². The number of rotatable bonds is 5. The Morgan fingerprint density at radius 3 is 2.90 bits per heavy atom. The number of carbonyl (C=O) groups is 1. The molecule has 0 aliphatic rings. The van der Waals surface area contributed by atoms with Crippen LogP contribution in [-0.2, 0) is 0 Å². The van der Waals surface area contributed by atoms with E-state index >= 15 is 0 Å². The van der Waals surface area contributed by atoms with Crippen LogP contribution in [0.1, 0.15) is 23.8 Å². The number of benzene rings is 1. The molecule has 1 aromatic heterocycles. The molecule has 0 aliphatic heterocycles. The van der Waals surface area contributed by atoms with E-state index < -0.39 is 5.82 Å². The molecule has 110 valence electrons. The molecule has 0 fully saturated rings. The van der Waals surface area contributed by atoms with Crippen molar-refractivity contribution in [3.8, 4) is 0 Å². The molecule has 1 amide bonds. The summed E-state index contributed by atoms with van der Waals surface area (Å²) in [6.45, 7) is 2.88. The monoisotopic (exact) mass is 351 g/mol. The van der Waals surface area contributed by atoms with Crippen LogP contribution in [0, 0.1) is 5.82 Å². The minimum absolute atomic E-state index is 0.271. The molecule has 1 aromatic carbocycles. The fourth-order valence-electron chi connectivity index (χ4n) is 1.71. The van der Waals surface area contributed by atoms with Gasteiger partial charge in [0.05, 0.1) is 5.69 Å². The third kappa shape index (κ3) is 4.26. The van der Waals surface area contributed by atoms with Gasteiger partial charge >= 0.3 is 0 Å². The van der Waals surface area contributed by atoms with Crippen molar-refractivity contribution in [1.29, 1.82) is 0 Å². The van der Waals surface area contributed by atoms with E-state index in [1.807, 2.05) is 0 Å². The molecule has 0 spiro atoms. The predicted molar refractivity (Wildman–Crippen MR) is 85.1 cm³/mol. The highest BCUT2D eigenvalue weighted by Gasteiger charge is 2.11. The molecule has 21 heavy (non-hydrogen) atoms. The molecule has 0 aliphatic carbocycles. The van der Waals surface area contributed by atoms with Crippen LogP contribution in [-0.4, -0.2) is 17.4 Å². The van der Waals surface area contributed by atoms with Crippen molar-refractivity contribution in [2.75, 3.05) is 17.2 Å². The molecule has 6 heteroatoms. The fourth-order valence-corrected chi connectivity index (χ4v) is 2.06.